The summed E-state index contributed by atoms with van der Waals surface area (Å²) in [4.78, 5) is 0. The van der Waals surface area contributed by atoms with E-state index in [1.807, 2.05) is 0 Å². The van der Waals surface area contributed by atoms with Gasteiger partial charge in [-0.15, -0.1) is 10.2 Å². The molecule has 1 N–H and O–H groups in total. The van der Waals surface area contributed by atoms with Crippen LogP contribution in [0.4, 0.5) is 0 Å². The van der Waals surface area contributed by atoms with Crippen molar-refractivity contribution >= 4 is 0 Å². The van der Waals surface area contributed by atoms with Gasteiger partial charge in [0.05, 0.1) is 13.2 Å². The molecule has 1 fully saturated rings. The normalized spacial score (nSPS) is 18.9. The van der Waals surface area contributed by atoms with Gasteiger partial charge >= 0.3 is 0 Å². The van der Waals surface area contributed by atoms with Gasteiger partial charge in [-0.25, -0.2) is 0 Å². The smallest absolute Gasteiger partial charge is 0.147 e. The Morgan fingerprint density at radius 3 is 3.11 bits per heavy atom. The van der Waals surface area contributed by atoms with Gasteiger partial charge in [0.2, 0.25) is 0 Å². The van der Waals surface area contributed by atoms with Crippen LogP contribution in [0.15, 0.2) is 0 Å². The number of aryl methyl sites for hydroxylation is 1. The fourth-order valence-electron chi connectivity index (χ4n) is 2.38. The summed E-state index contributed by atoms with van der Waals surface area (Å²) in [6.07, 6.45) is 6.30. The van der Waals surface area contributed by atoms with Crippen LogP contribution in [0.1, 0.15) is 37.3 Å². The predicted molar refractivity (Wildman–Crippen MR) is 68.2 cm³/mol. The maximum absolute atomic E-state index is 5.58. The summed E-state index contributed by atoms with van der Waals surface area (Å²) in [5.41, 5.74) is 0. The molecule has 1 aliphatic carbocycles. The van der Waals surface area contributed by atoms with Crippen molar-refractivity contribution in [2.24, 2.45) is 5.92 Å². The molecule has 0 saturated heterocycles. The van der Waals surface area contributed by atoms with E-state index in [0.717, 1.165) is 56.8 Å². The first-order valence-corrected chi connectivity index (χ1v) is 7.13. The predicted octanol–water partition coefficient (Wildman–Crippen LogP) is 1.13. The maximum atomic E-state index is 5.58. The van der Waals surface area contributed by atoms with Crippen LogP contribution < -0.4 is 5.32 Å². The highest BCUT2D eigenvalue weighted by Crippen LogP contribution is 2.28. The molecule has 0 atom stereocenters. The van der Waals surface area contributed by atoms with Crippen LogP contribution in [0.25, 0.3) is 0 Å². The number of hydrogen-bond donors (Lipinski definition) is 1. The van der Waals surface area contributed by atoms with Crippen LogP contribution in [-0.4, -0.2) is 34.5 Å². The van der Waals surface area contributed by atoms with Crippen molar-refractivity contribution in [1.82, 2.24) is 20.1 Å². The quantitative estimate of drug-likeness (QED) is 0.737. The lowest BCUT2D eigenvalue weighted by atomic mass is 10.2. The second-order valence-corrected chi connectivity index (χ2v) is 5.34. The minimum absolute atomic E-state index is 0.803. The van der Waals surface area contributed by atoms with Crippen molar-refractivity contribution in [3.63, 3.8) is 0 Å². The molecule has 1 aliphatic heterocycles. The van der Waals surface area contributed by atoms with Crippen LogP contribution >= 0.6 is 0 Å². The first kappa shape index (κ1) is 12.1. The number of aromatic nitrogens is 3. The summed E-state index contributed by atoms with van der Waals surface area (Å²) in [5, 5.41) is 11.9. The SMILES string of the molecule is C1CCn2c(nnc2CNCCOCC2CC2)C1. The van der Waals surface area contributed by atoms with Gasteiger partial charge in [0, 0.05) is 26.1 Å². The molecule has 1 aromatic rings. The zero-order valence-corrected chi connectivity index (χ0v) is 10.9. The lowest BCUT2D eigenvalue weighted by Crippen LogP contribution is -2.23. The summed E-state index contributed by atoms with van der Waals surface area (Å²) in [6, 6.07) is 0. The van der Waals surface area contributed by atoms with Gasteiger partial charge in [-0.2, -0.15) is 0 Å². The topological polar surface area (TPSA) is 52.0 Å². The van der Waals surface area contributed by atoms with Gasteiger partial charge in [0.1, 0.15) is 11.6 Å². The average molecular weight is 250 g/mol. The van der Waals surface area contributed by atoms with Crippen molar-refractivity contribution in [3.8, 4) is 0 Å². The molecule has 0 radical (unpaired) electrons. The molecule has 0 unspecified atom stereocenters. The van der Waals surface area contributed by atoms with E-state index in [9.17, 15) is 0 Å². The highest BCUT2D eigenvalue weighted by atomic mass is 16.5. The molecule has 1 saturated carbocycles. The first-order chi connectivity index (χ1) is 8.93. The van der Waals surface area contributed by atoms with E-state index in [1.165, 1.54) is 25.7 Å². The Labute approximate surface area is 108 Å². The number of nitrogens with one attached hydrogen (secondary N) is 1. The van der Waals surface area contributed by atoms with Crippen LogP contribution in [0.5, 0.6) is 0 Å². The molecule has 100 valence electrons. The van der Waals surface area contributed by atoms with Crippen LogP contribution in [-0.2, 0) is 24.2 Å². The standard InChI is InChI=1S/C13H22N4O/c1-2-7-17-12(3-1)15-16-13(17)9-14-6-8-18-10-11-4-5-11/h11,14H,1-10H2. The number of fused-ring (bicyclic) bond motifs is 1. The highest BCUT2D eigenvalue weighted by molar-refractivity contribution is 4.98. The zero-order chi connectivity index (χ0) is 12.2. The summed E-state index contributed by atoms with van der Waals surface area (Å²) in [7, 11) is 0. The fourth-order valence-corrected chi connectivity index (χ4v) is 2.38. The molecule has 2 heterocycles. The van der Waals surface area contributed by atoms with E-state index in [4.69, 9.17) is 4.74 Å². The molecule has 18 heavy (non-hydrogen) atoms. The molecule has 0 bridgehead atoms. The van der Waals surface area contributed by atoms with E-state index in [1.54, 1.807) is 0 Å². The van der Waals surface area contributed by atoms with Gasteiger partial charge in [-0.05, 0) is 31.6 Å². The Morgan fingerprint density at radius 2 is 2.22 bits per heavy atom. The molecule has 1 aromatic heterocycles. The lowest BCUT2D eigenvalue weighted by Gasteiger charge is -2.14. The van der Waals surface area contributed by atoms with Gasteiger partial charge in [-0.1, -0.05) is 0 Å². The van der Waals surface area contributed by atoms with Crippen molar-refractivity contribution in [2.75, 3.05) is 19.8 Å². The second-order valence-electron chi connectivity index (χ2n) is 5.34. The first-order valence-electron chi connectivity index (χ1n) is 7.13. The third kappa shape index (κ3) is 3.09. The number of rotatable bonds is 7. The van der Waals surface area contributed by atoms with Gasteiger partial charge in [-0.3, -0.25) is 0 Å². The van der Waals surface area contributed by atoms with Gasteiger partial charge in [0.15, 0.2) is 0 Å². The molecule has 3 rings (SSSR count). The molecule has 5 nitrogen and oxygen atoms in total. The lowest BCUT2D eigenvalue weighted by molar-refractivity contribution is 0.126. The van der Waals surface area contributed by atoms with Crippen molar-refractivity contribution in [2.45, 2.75) is 45.2 Å². The molecule has 0 spiro atoms. The van der Waals surface area contributed by atoms with E-state index in [-0.39, 0.29) is 0 Å². The van der Waals surface area contributed by atoms with Crippen LogP contribution in [0.2, 0.25) is 0 Å². The molecular weight excluding hydrogens is 228 g/mol. The average Bonchev–Trinajstić information content (AvgIpc) is 3.14. The van der Waals surface area contributed by atoms with E-state index < -0.39 is 0 Å². The molecule has 2 aliphatic rings. The number of hydrogen-bond acceptors (Lipinski definition) is 4. The van der Waals surface area contributed by atoms with E-state index in [2.05, 4.69) is 20.1 Å². The van der Waals surface area contributed by atoms with E-state index in [0.29, 0.717) is 0 Å². The zero-order valence-electron chi connectivity index (χ0n) is 10.9. The molecule has 0 aromatic carbocycles. The second kappa shape index (κ2) is 5.80. The third-order valence-electron chi connectivity index (χ3n) is 3.69. The Kier molecular flexibility index (Phi) is 3.90. The molecular formula is C13H22N4O. The Morgan fingerprint density at radius 1 is 1.28 bits per heavy atom. The molecule has 0 amide bonds. The number of ether oxygens (including phenoxy) is 1. The van der Waals surface area contributed by atoms with Crippen LogP contribution in [0.3, 0.4) is 0 Å². The Bertz CT molecular complexity index is 386. The summed E-state index contributed by atoms with van der Waals surface area (Å²) in [5.74, 6) is 3.09. The number of nitrogens with zero attached hydrogens (tertiary/aromatic N) is 3. The minimum atomic E-state index is 0.803. The van der Waals surface area contributed by atoms with Gasteiger partial charge < -0.3 is 14.6 Å². The summed E-state index contributed by atoms with van der Waals surface area (Å²) < 4.78 is 7.85. The van der Waals surface area contributed by atoms with Crippen molar-refractivity contribution < 1.29 is 4.74 Å². The fraction of sp³-hybridized carbons (Fsp3) is 0.846. The van der Waals surface area contributed by atoms with Gasteiger partial charge in [0.25, 0.3) is 0 Å². The highest BCUT2D eigenvalue weighted by Gasteiger charge is 2.20. The third-order valence-corrected chi connectivity index (χ3v) is 3.69. The van der Waals surface area contributed by atoms with Crippen molar-refractivity contribution in [1.29, 1.82) is 0 Å². The summed E-state index contributed by atoms with van der Waals surface area (Å²) in [6.45, 7) is 4.53. The summed E-state index contributed by atoms with van der Waals surface area (Å²) >= 11 is 0. The van der Waals surface area contributed by atoms with E-state index >= 15 is 0 Å². The monoisotopic (exact) mass is 250 g/mol. The maximum Gasteiger partial charge on any atom is 0.147 e. The Hall–Kier alpha value is -0.940. The molecule has 5 heteroatoms. The van der Waals surface area contributed by atoms with Crippen LogP contribution in [0, 0.1) is 5.92 Å². The minimum Gasteiger partial charge on any atom is -0.380 e. The van der Waals surface area contributed by atoms with Crippen molar-refractivity contribution in [3.05, 3.63) is 11.6 Å². The largest absolute Gasteiger partial charge is 0.380 e. The Balaban J connectivity index is 1.35.